The summed E-state index contributed by atoms with van der Waals surface area (Å²) < 4.78 is 30.4. The van der Waals surface area contributed by atoms with E-state index < -0.39 is 28.1 Å². The number of halogens is 2. The molecule has 3 atom stereocenters. The lowest BCUT2D eigenvalue weighted by Gasteiger charge is -2.24. The summed E-state index contributed by atoms with van der Waals surface area (Å²) in [5.74, 6) is -1.44. The second kappa shape index (κ2) is 11.5. The zero-order chi connectivity index (χ0) is 27.4. The van der Waals surface area contributed by atoms with Crippen molar-refractivity contribution in [2.24, 2.45) is 15.2 Å². The summed E-state index contributed by atoms with van der Waals surface area (Å²) in [6.07, 6.45) is -1.25. The first-order chi connectivity index (χ1) is 18.0. The average molecular weight is 574 g/mol. The number of nitrogens with one attached hydrogen (secondary N) is 1. The predicted molar refractivity (Wildman–Crippen MR) is 148 cm³/mol. The van der Waals surface area contributed by atoms with Crippen molar-refractivity contribution in [3.8, 4) is 0 Å². The number of amides is 1. The second-order valence-electron chi connectivity index (χ2n) is 8.65. The Morgan fingerprint density at radius 1 is 1.05 bits per heavy atom. The van der Waals surface area contributed by atoms with Crippen molar-refractivity contribution in [3.63, 3.8) is 0 Å². The number of nitrogens with zero attached hydrogens (tertiary/aromatic N) is 3. The molecule has 3 aromatic carbocycles. The Morgan fingerprint density at radius 2 is 1.63 bits per heavy atom. The summed E-state index contributed by atoms with van der Waals surface area (Å²) in [5.41, 5.74) is 7.82. The third kappa shape index (κ3) is 6.33. The maximum atomic E-state index is 13.2. The highest BCUT2D eigenvalue weighted by atomic mass is 35.5. The Kier molecular flexibility index (Phi) is 8.37. The van der Waals surface area contributed by atoms with E-state index in [2.05, 4.69) is 9.71 Å². The van der Waals surface area contributed by atoms with Crippen molar-refractivity contribution in [1.82, 2.24) is 10.3 Å². The lowest BCUT2D eigenvalue weighted by atomic mass is 9.91. The van der Waals surface area contributed by atoms with Gasteiger partial charge in [0.1, 0.15) is 6.04 Å². The lowest BCUT2D eigenvalue weighted by molar-refractivity contribution is -0.121. The van der Waals surface area contributed by atoms with Crippen LogP contribution in [0, 0.1) is 0 Å². The summed E-state index contributed by atoms with van der Waals surface area (Å²) in [5, 5.41) is 19.8. The molecular weight excluding hydrogens is 549 g/mol. The van der Waals surface area contributed by atoms with Gasteiger partial charge >= 0.3 is 0 Å². The van der Waals surface area contributed by atoms with Gasteiger partial charge in [0, 0.05) is 16.0 Å². The number of hydrogen-bond donors (Lipinski definition) is 3. The third-order valence-electron chi connectivity index (χ3n) is 5.89. The molecule has 12 heteroatoms. The fraction of sp³-hybridized carbons (Fsp3) is 0.192. The molecule has 1 amide bonds. The second-order valence-corrected chi connectivity index (χ2v) is 11.1. The molecule has 1 heterocycles. The van der Waals surface area contributed by atoms with Gasteiger partial charge < -0.3 is 16.2 Å². The Bertz CT molecular complexity index is 1460. The van der Waals surface area contributed by atoms with Gasteiger partial charge in [0.2, 0.25) is 11.9 Å². The number of aliphatic hydroxyl groups excluding tert-OH is 1. The Labute approximate surface area is 230 Å². The molecule has 0 aliphatic carbocycles. The number of carbonyl (C=O) groups excluding carboxylic acids is 1. The maximum absolute atomic E-state index is 13.2. The van der Waals surface area contributed by atoms with Gasteiger partial charge in [0.15, 0.2) is 0 Å². The molecule has 3 aromatic rings. The van der Waals surface area contributed by atoms with Crippen LogP contribution in [0.2, 0.25) is 10.0 Å². The SMILES string of the molecule is C[C@@H](O)C(N/C(=N\S(=O)(=O)c1ccc(Cl)cc1)N1C[C@@H](c2ccccc2)C(c2ccc(Cl)cc2)=N1)C(N)=O. The summed E-state index contributed by atoms with van der Waals surface area (Å²) >= 11 is 12.0. The summed E-state index contributed by atoms with van der Waals surface area (Å²) in [4.78, 5) is 12.0. The van der Waals surface area contributed by atoms with Crippen molar-refractivity contribution < 1.29 is 18.3 Å². The van der Waals surface area contributed by atoms with Crippen LogP contribution in [0.15, 0.2) is 93.3 Å². The quantitative estimate of drug-likeness (QED) is 0.292. The fourth-order valence-electron chi connectivity index (χ4n) is 3.95. The third-order valence-corrected chi connectivity index (χ3v) is 7.68. The maximum Gasteiger partial charge on any atom is 0.285 e. The van der Waals surface area contributed by atoms with E-state index in [0.717, 1.165) is 11.1 Å². The topological polar surface area (TPSA) is 137 Å². The van der Waals surface area contributed by atoms with Gasteiger partial charge in [-0.15, -0.1) is 4.40 Å². The molecule has 0 aromatic heterocycles. The molecule has 0 saturated carbocycles. The van der Waals surface area contributed by atoms with E-state index in [4.69, 9.17) is 34.0 Å². The van der Waals surface area contributed by atoms with Crippen LogP contribution in [0.25, 0.3) is 0 Å². The first-order valence-corrected chi connectivity index (χ1v) is 13.8. The van der Waals surface area contributed by atoms with Gasteiger partial charge in [-0.05, 0) is 54.4 Å². The Hall–Kier alpha value is -3.44. The largest absolute Gasteiger partial charge is 0.391 e. The smallest absolute Gasteiger partial charge is 0.285 e. The van der Waals surface area contributed by atoms with Crippen LogP contribution in [0.3, 0.4) is 0 Å². The number of sulfonamides is 1. The van der Waals surface area contributed by atoms with E-state index in [1.54, 1.807) is 12.1 Å². The monoisotopic (exact) mass is 573 g/mol. The number of carbonyl (C=O) groups is 1. The summed E-state index contributed by atoms with van der Waals surface area (Å²) in [7, 11) is -4.28. The van der Waals surface area contributed by atoms with Crippen LogP contribution in [-0.4, -0.2) is 54.8 Å². The van der Waals surface area contributed by atoms with Gasteiger partial charge in [-0.3, -0.25) is 4.79 Å². The number of hydrazone groups is 1. The van der Waals surface area contributed by atoms with Crippen molar-refractivity contribution in [3.05, 3.63) is 100 Å². The number of hydrogen-bond acceptors (Lipinski definition) is 5. The molecule has 1 unspecified atom stereocenters. The number of guanidine groups is 1. The number of benzene rings is 3. The molecule has 9 nitrogen and oxygen atoms in total. The lowest BCUT2D eigenvalue weighted by Crippen LogP contribution is -2.54. The molecule has 0 radical (unpaired) electrons. The predicted octanol–water partition coefficient (Wildman–Crippen LogP) is 3.37. The zero-order valence-corrected chi connectivity index (χ0v) is 22.5. The molecule has 0 saturated heterocycles. The summed E-state index contributed by atoms with van der Waals surface area (Å²) in [6, 6.07) is 20.8. The normalized spacial score (nSPS) is 17.6. The van der Waals surface area contributed by atoms with Crippen molar-refractivity contribution in [2.45, 2.75) is 29.9 Å². The van der Waals surface area contributed by atoms with Gasteiger partial charge in [-0.2, -0.15) is 13.5 Å². The molecular formula is C26H25Cl2N5O4S. The highest BCUT2D eigenvalue weighted by Crippen LogP contribution is 2.30. The minimum absolute atomic E-state index is 0.116. The molecule has 0 spiro atoms. The molecule has 4 rings (SSSR count). The minimum atomic E-state index is -4.28. The highest BCUT2D eigenvalue weighted by Gasteiger charge is 2.34. The molecule has 4 N–H and O–H groups in total. The van der Waals surface area contributed by atoms with E-state index in [-0.39, 0.29) is 23.3 Å². The van der Waals surface area contributed by atoms with Crippen LogP contribution >= 0.6 is 23.2 Å². The number of rotatable bonds is 7. The first-order valence-electron chi connectivity index (χ1n) is 11.6. The molecule has 1 aliphatic heterocycles. The van der Waals surface area contributed by atoms with E-state index in [9.17, 15) is 18.3 Å². The summed E-state index contributed by atoms with van der Waals surface area (Å²) in [6.45, 7) is 1.54. The van der Waals surface area contributed by atoms with Crippen molar-refractivity contribution in [1.29, 1.82) is 0 Å². The van der Waals surface area contributed by atoms with E-state index in [1.807, 2.05) is 42.5 Å². The van der Waals surface area contributed by atoms with Gasteiger partial charge in [0.05, 0.1) is 23.3 Å². The Balaban J connectivity index is 1.82. The average Bonchev–Trinajstić information content (AvgIpc) is 3.33. The molecule has 1 aliphatic rings. The Morgan fingerprint density at radius 3 is 2.18 bits per heavy atom. The van der Waals surface area contributed by atoms with Crippen molar-refractivity contribution >= 4 is 50.8 Å². The van der Waals surface area contributed by atoms with Crippen LogP contribution < -0.4 is 11.1 Å². The van der Waals surface area contributed by atoms with E-state index in [1.165, 1.54) is 36.2 Å². The van der Waals surface area contributed by atoms with Crippen LogP contribution in [0.4, 0.5) is 0 Å². The number of aliphatic hydroxyl groups is 1. The van der Waals surface area contributed by atoms with Crippen LogP contribution in [0.1, 0.15) is 24.0 Å². The fourth-order valence-corrected chi connectivity index (χ4v) is 5.16. The minimum Gasteiger partial charge on any atom is -0.391 e. The van der Waals surface area contributed by atoms with Gasteiger partial charge in [-0.1, -0.05) is 65.7 Å². The highest BCUT2D eigenvalue weighted by molar-refractivity contribution is 7.90. The van der Waals surface area contributed by atoms with Crippen LogP contribution in [0.5, 0.6) is 0 Å². The number of primary amides is 1. The van der Waals surface area contributed by atoms with Crippen molar-refractivity contribution in [2.75, 3.05) is 6.54 Å². The molecule has 0 bridgehead atoms. The number of nitrogens with two attached hydrogens (primary N) is 1. The molecule has 0 fully saturated rings. The van der Waals surface area contributed by atoms with Crippen LogP contribution in [-0.2, 0) is 14.8 Å². The zero-order valence-electron chi connectivity index (χ0n) is 20.2. The van der Waals surface area contributed by atoms with E-state index in [0.29, 0.717) is 15.8 Å². The van der Waals surface area contributed by atoms with Gasteiger partial charge in [0.25, 0.3) is 10.0 Å². The molecule has 38 heavy (non-hydrogen) atoms. The standard InChI is InChI=1S/C26H25Cl2N5O4S/c1-16(34)23(25(29)35)30-26(32-38(36,37)21-13-11-20(28)12-14-21)33-15-22(17-5-3-2-4-6-17)24(31-33)18-7-9-19(27)10-8-18/h2-14,16,22-23,34H,15H2,1H3,(H2,29,35)(H,30,32)/t16-,22+,23?/m1/s1. The first kappa shape index (κ1) is 27.6. The van der Waals surface area contributed by atoms with Gasteiger partial charge in [-0.25, -0.2) is 5.01 Å². The van der Waals surface area contributed by atoms with E-state index >= 15 is 0 Å². The molecule has 198 valence electrons.